The van der Waals surface area contributed by atoms with Gasteiger partial charge in [-0.2, -0.15) is 4.89 Å². The molecule has 2 fully saturated rings. The third-order valence-corrected chi connectivity index (χ3v) is 2.06. The topological polar surface area (TPSA) is 35.5 Å². The highest BCUT2D eigenvalue weighted by Gasteiger charge is 2.54. The molecule has 50 valence electrons. The van der Waals surface area contributed by atoms with E-state index in [1.807, 2.05) is 0 Å². The van der Waals surface area contributed by atoms with Crippen molar-refractivity contribution in [2.24, 2.45) is 0 Å². The van der Waals surface area contributed by atoms with E-state index in [-0.39, 0.29) is 5.97 Å². The Bertz CT molecular complexity index is 146. The first kappa shape index (κ1) is 5.23. The quantitative estimate of drug-likeness (QED) is 0.452. The zero-order chi connectivity index (χ0) is 6.32. The van der Waals surface area contributed by atoms with Crippen LogP contribution in [0.25, 0.3) is 0 Å². The first-order valence-corrected chi connectivity index (χ1v) is 3.24. The minimum atomic E-state index is -0.486. The number of carbonyl (C=O) groups is 1. The highest BCUT2D eigenvalue weighted by Crippen LogP contribution is 2.40. The van der Waals surface area contributed by atoms with Crippen LogP contribution >= 0.6 is 0 Å². The maximum absolute atomic E-state index is 10.7. The van der Waals surface area contributed by atoms with Gasteiger partial charge in [-0.3, -0.25) is 4.89 Å². The Balaban J connectivity index is 2.14. The van der Waals surface area contributed by atoms with E-state index >= 15 is 0 Å². The predicted octanol–water partition coefficient (Wildman–Crippen LogP) is 0.788. The van der Waals surface area contributed by atoms with E-state index in [1.165, 1.54) is 0 Å². The first-order valence-electron chi connectivity index (χ1n) is 3.24. The lowest BCUT2D eigenvalue weighted by Crippen LogP contribution is -2.50. The lowest BCUT2D eigenvalue weighted by molar-refractivity contribution is -0.399. The van der Waals surface area contributed by atoms with Gasteiger partial charge in [0.15, 0.2) is 0 Å². The highest BCUT2D eigenvalue weighted by atomic mass is 17.3. The number of hydrogen-bond acceptors (Lipinski definition) is 3. The van der Waals surface area contributed by atoms with Crippen LogP contribution in [0, 0.1) is 0 Å². The van der Waals surface area contributed by atoms with Gasteiger partial charge >= 0.3 is 5.97 Å². The Morgan fingerprint density at radius 1 is 1.33 bits per heavy atom. The average molecular weight is 128 g/mol. The van der Waals surface area contributed by atoms with Gasteiger partial charge in [-0.15, -0.1) is 0 Å². The van der Waals surface area contributed by atoms with Crippen molar-refractivity contribution in [2.75, 3.05) is 0 Å². The van der Waals surface area contributed by atoms with Crippen LogP contribution in [0.15, 0.2) is 0 Å². The zero-order valence-corrected chi connectivity index (χ0v) is 5.05. The van der Waals surface area contributed by atoms with Crippen LogP contribution in [0.1, 0.15) is 25.7 Å². The summed E-state index contributed by atoms with van der Waals surface area (Å²) in [6.45, 7) is 0. The summed E-state index contributed by atoms with van der Waals surface area (Å²) >= 11 is 0. The van der Waals surface area contributed by atoms with Gasteiger partial charge in [0.1, 0.15) is 0 Å². The molecule has 9 heavy (non-hydrogen) atoms. The van der Waals surface area contributed by atoms with Crippen LogP contribution < -0.4 is 0 Å². The summed E-state index contributed by atoms with van der Waals surface area (Å²) in [5, 5.41) is 0. The van der Waals surface area contributed by atoms with Gasteiger partial charge < -0.3 is 0 Å². The normalized spacial score (nSPS) is 30.0. The second-order valence-corrected chi connectivity index (χ2v) is 2.66. The molecule has 0 N–H and O–H groups in total. The van der Waals surface area contributed by atoms with E-state index in [9.17, 15) is 4.79 Å². The molecule has 1 heterocycles. The summed E-state index contributed by atoms with van der Waals surface area (Å²) in [6.07, 6.45) is 3.89. The fraction of sp³-hybridized carbons (Fsp3) is 0.833. The summed E-state index contributed by atoms with van der Waals surface area (Å²) in [5.41, 5.74) is -0.486. The van der Waals surface area contributed by atoms with Gasteiger partial charge in [0.25, 0.3) is 0 Å². The SMILES string of the molecule is O=C1OOC12CCCC2. The Kier molecular flexibility index (Phi) is 0.858. The third-order valence-electron chi connectivity index (χ3n) is 2.06. The van der Waals surface area contributed by atoms with Crippen LogP contribution in [0.3, 0.4) is 0 Å². The van der Waals surface area contributed by atoms with Gasteiger partial charge in [0.2, 0.25) is 5.60 Å². The van der Waals surface area contributed by atoms with Gasteiger partial charge in [0.05, 0.1) is 0 Å². The van der Waals surface area contributed by atoms with Crippen LogP contribution in [0.5, 0.6) is 0 Å². The largest absolute Gasteiger partial charge is 0.378 e. The maximum atomic E-state index is 10.7. The molecule has 0 radical (unpaired) electrons. The molecule has 0 amide bonds. The minimum Gasteiger partial charge on any atom is -0.294 e. The molecule has 3 heteroatoms. The fourth-order valence-corrected chi connectivity index (χ4v) is 1.43. The molecular weight excluding hydrogens is 120 g/mol. The molecule has 1 spiro atoms. The van der Waals surface area contributed by atoms with Gasteiger partial charge in [-0.25, -0.2) is 4.79 Å². The molecule has 0 aromatic rings. The molecule has 0 bridgehead atoms. The summed E-state index contributed by atoms with van der Waals surface area (Å²) < 4.78 is 0. The van der Waals surface area contributed by atoms with Crippen LogP contribution in [-0.4, -0.2) is 11.6 Å². The molecule has 3 nitrogen and oxygen atoms in total. The Morgan fingerprint density at radius 2 is 2.00 bits per heavy atom. The summed E-state index contributed by atoms with van der Waals surface area (Å²) in [4.78, 5) is 19.7. The monoisotopic (exact) mass is 128 g/mol. The predicted molar refractivity (Wildman–Crippen MR) is 28.4 cm³/mol. The zero-order valence-electron chi connectivity index (χ0n) is 5.05. The first-order chi connectivity index (χ1) is 4.33. The van der Waals surface area contributed by atoms with E-state index in [0.717, 1.165) is 25.7 Å². The number of rotatable bonds is 0. The van der Waals surface area contributed by atoms with Gasteiger partial charge in [-0.05, 0) is 25.7 Å². The molecule has 0 aromatic carbocycles. The number of hydrogen-bond donors (Lipinski definition) is 0. The summed E-state index contributed by atoms with van der Waals surface area (Å²) in [6, 6.07) is 0. The lowest BCUT2D eigenvalue weighted by Gasteiger charge is -2.32. The average Bonchev–Trinajstić information content (AvgIpc) is 2.34. The van der Waals surface area contributed by atoms with Crippen molar-refractivity contribution >= 4 is 5.97 Å². The maximum Gasteiger partial charge on any atom is 0.378 e. The summed E-state index contributed by atoms with van der Waals surface area (Å²) in [5.74, 6) is -0.167. The molecule has 0 unspecified atom stereocenters. The van der Waals surface area contributed by atoms with Crippen molar-refractivity contribution in [3.63, 3.8) is 0 Å². The highest BCUT2D eigenvalue weighted by molar-refractivity contribution is 5.82. The van der Waals surface area contributed by atoms with Crippen molar-refractivity contribution in [3.05, 3.63) is 0 Å². The molecule has 1 aliphatic heterocycles. The van der Waals surface area contributed by atoms with E-state index in [4.69, 9.17) is 4.89 Å². The second-order valence-electron chi connectivity index (χ2n) is 2.66. The molecule has 2 rings (SSSR count). The van der Waals surface area contributed by atoms with E-state index in [1.54, 1.807) is 0 Å². The Hall–Kier alpha value is -0.570. The smallest absolute Gasteiger partial charge is 0.294 e. The standard InChI is InChI=1S/C6H8O3/c7-5-6(9-8-5)3-1-2-4-6/h1-4H2. The molecule has 0 aromatic heterocycles. The van der Waals surface area contributed by atoms with Crippen molar-refractivity contribution in [3.8, 4) is 0 Å². The molecule has 1 aliphatic carbocycles. The Labute approximate surface area is 52.9 Å². The van der Waals surface area contributed by atoms with E-state index < -0.39 is 5.60 Å². The van der Waals surface area contributed by atoms with Gasteiger partial charge in [0, 0.05) is 0 Å². The van der Waals surface area contributed by atoms with Crippen LogP contribution in [-0.2, 0) is 14.6 Å². The van der Waals surface area contributed by atoms with Crippen molar-refractivity contribution < 1.29 is 14.6 Å². The van der Waals surface area contributed by atoms with Gasteiger partial charge in [-0.1, -0.05) is 0 Å². The Morgan fingerprint density at radius 3 is 2.22 bits per heavy atom. The molecule has 0 atom stereocenters. The molecule has 1 saturated heterocycles. The van der Waals surface area contributed by atoms with Crippen molar-refractivity contribution in [1.82, 2.24) is 0 Å². The van der Waals surface area contributed by atoms with Crippen LogP contribution in [0.2, 0.25) is 0 Å². The van der Waals surface area contributed by atoms with E-state index in [2.05, 4.69) is 4.89 Å². The second kappa shape index (κ2) is 1.48. The van der Waals surface area contributed by atoms with Crippen molar-refractivity contribution in [2.45, 2.75) is 31.3 Å². The summed E-state index contributed by atoms with van der Waals surface area (Å²) in [7, 11) is 0. The van der Waals surface area contributed by atoms with E-state index in [0.29, 0.717) is 0 Å². The minimum absolute atomic E-state index is 0.167. The third kappa shape index (κ3) is 0.525. The number of carbonyl (C=O) groups excluding carboxylic acids is 1. The molecule has 1 saturated carbocycles. The van der Waals surface area contributed by atoms with Crippen LogP contribution in [0.4, 0.5) is 0 Å². The molecule has 2 aliphatic rings. The molecular formula is C6H8O3. The lowest BCUT2D eigenvalue weighted by atomic mass is 10.0. The fourth-order valence-electron chi connectivity index (χ4n) is 1.43. The van der Waals surface area contributed by atoms with Crippen molar-refractivity contribution in [1.29, 1.82) is 0 Å².